The molecule has 0 saturated heterocycles. The zero-order chi connectivity index (χ0) is 16.7. The van der Waals surface area contributed by atoms with E-state index in [9.17, 15) is 9.90 Å². The van der Waals surface area contributed by atoms with Crippen LogP contribution in [0, 0.1) is 0 Å². The monoisotopic (exact) mass is 313 g/mol. The van der Waals surface area contributed by atoms with E-state index >= 15 is 0 Å². The number of amides is 1. The number of nitrogens with zero attached hydrogens (tertiary/aromatic N) is 3. The Morgan fingerprint density at radius 1 is 1.13 bits per heavy atom. The minimum atomic E-state index is -0.0829. The molecular weight excluding hydrogens is 290 g/mol. The Morgan fingerprint density at radius 3 is 2.52 bits per heavy atom. The summed E-state index contributed by atoms with van der Waals surface area (Å²) in [4.78, 5) is 20.5. The first-order valence-corrected chi connectivity index (χ1v) is 7.69. The van der Waals surface area contributed by atoms with Gasteiger partial charge in [0.05, 0.1) is 6.61 Å². The first kappa shape index (κ1) is 17.0. The standard InChI is InChI=1S/C18H23N3O2/c1-20(2)17-14-16(8-10-19-17)18(23)21(12-13-22)11-9-15-6-4-3-5-7-15/h3-8,10,14,22H,9,11-13H2,1-2H3. The van der Waals surface area contributed by atoms with Crippen molar-refractivity contribution in [2.75, 3.05) is 38.7 Å². The fraction of sp³-hybridized carbons (Fsp3) is 0.333. The Bertz CT molecular complexity index is 629. The maximum atomic E-state index is 12.7. The van der Waals surface area contributed by atoms with Gasteiger partial charge in [-0.25, -0.2) is 4.98 Å². The van der Waals surface area contributed by atoms with Gasteiger partial charge >= 0.3 is 0 Å². The molecule has 1 aromatic carbocycles. The quantitative estimate of drug-likeness (QED) is 0.847. The number of aromatic nitrogens is 1. The van der Waals surface area contributed by atoms with Gasteiger partial charge < -0.3 is 14.9 Å². The topological polar surface area (TPSA) is 56.7 Å². The van der Waals surface area contributed by atoms with E-state index in [0.717, 1.165) is 12.2 Å². The van der Waals surface area contributed by atoms with E-state index in [4.69, 9.17) is 0 Å². The number of carbonyl (C=O) groups is 1. The molecule has 2 aromatic rings. The average molecular weight is 313 g/mol. The van der Waals surface area contributed by atoms with E-state index in [2.05, 4.69) is 4.98 Å². The second kappa shape index (κ2) is 8.29. The van der Waals surface area contributed by atoms with E-state index in [1.54, 1.807) is 23.2 Å². The summed E-state index contributed by atoms with van der Waals surface area (Å²) in [5.41, 5.74) is 1.76. The van der Waals surface area contributed by atoms with Gasteiger partial charge in [0.2, 0.25) is 0 Å². The first-order valence-electron chi connectivity index (χ1n) is 7.69. The lowest BCUT2D eigenvalue weighted by atomic mass is 10.1. The molecule has 0 aliphatic rings. The van der Waals surface area contributed by atoms with Crippen LogP contribution in [0.5, 0.6) is 0 Å². The molecule has 23 heavy (non-hydrogen) atoms. The number of pyridine rings is 1. The van der Waals surface area contributed by atoms with Gasteiger partial charge in [-0.05, 0) is 24.1 Å². The zero-order valence-corrected chi connectivity index (χ0v) is 13.6. The van der Waals surface area contributed by atoms with Crippen molar-refractivity contribution in [3.63, 3.8) is 0 Å². The molecule has 0 saturated carbocycles. The van der Waals surface area contributed by atoms with Crippen LogP contribution in [0.2, 0.25) is 0 Å². The second-order valence-corrected chi connectivity index (χ2v) is 5.55. The van der Waals surface area contributed by atoms with Crippen molar-refractivity contribution in [2.45, 2.75) is 6.42 Å². The number of carbonyl (C=O) groups excluding carboxylic acids is 1. The largest absolute Gasteiger partial charge is 0.395 e. The Kier molecular flexibility index (Phi) is 6.11. The summed E-state index contributed by atoms with van der Waals surface area (Å²) in [7, 11) is 3.77. The van der Waals surface area contributed by atoms with E-state index < -0.39 is 0 Å². The summed E-state index contributed by atoms with van der Waals surface area (Å²) in [6.07, 6.45) is 2.40. The van der Waals surface area contributed by atoms with Crippen molar-refractivity contribution in [1.82, 2.24) is 9.88 Å². The molecule has 122 valence electrons. The molecule has 0 radical (unpaired) electrons. The van der Waals surface area contributed by atoms with Gasteiger partial charge in [0.25, 0.3) is 5.91 Å². The SMILES string of the molecule is CN(C)c1cc(C(=O)N(CCO)CCc2ccccc2)ccn1. The summed E-state index contributed by atoms with van der Waals surface area (Å²) >= 11 is 0. The van der Waals surface area contributed by atoms with E-state index in [1.165, 1.54) is 5.56 Å². The minimum Gasteiger partial charge on any atom is -0.395 e. The van der Waals surface area contributed by atoms with Gasteiger partial charge in [-0.1, -0.05) is 30.3 Å². The van der Waals surface area contributed by atoms with Gasteiger partial charge in [-0.2, -0.15) is 0 Å². The molecule has 0 aliphatic carbocycles. The minimum absolute atomic E-state index is 0.0495. The van der Waals surface area contributed by atoms with Crippen molar-refractivity contribution < 1.29 is 9.90 Å². The van der Waals surface area contributed by atoms with Gasteiger partial charge in [0, 0.05) is 38.9 Å². The van der Waals surface area contributed by atoms with E-state index in [-0.39, 0.29) is 12.5 Å². The summed E-state index contributed by atoms with van der Waals surface area (Å²) in [6.45, 7) is 0.848. The maximum absolute atomic E-state index is 12.7. The van der Waals surface area contributed by atoms with Crippen molar-refractivity contribution in [1.29, 1.82) is 0 Å². The molecule has 0 fully saturated rings. The normalized spacial score (nSPS) is 10.4. The van der Waals surface area contributed by atoms with Crippen molar-refractivity contribution in [3.05, 3.63) is 59.8 Å². The van der Waals surface area contributed by atoms with E-state index in [1.807, 2.05) is 49.3 Å². The molecular formula is C18H23N3O2. The Labute approximate surface area is 137 Å². The molecule has 0 spiro atoms. The molecule has 0 bridgehead atoms. The number of aliphatic hydroxyl groups excluding tert-OH is 1. The van der Waals surface area contributed by atoms with Gasteiger partial charge in [0.15, 0.2) is 0 Å². The third-order valence-corrected chi connectivity index (χ3v) is 3.62. The molecule has 0 unspecified atom stereocenters. The third kappa shape index (κ3) is 4.79. The summed E-state index contributed by atoms with van der Waals surface area (Å²) < 4.78 is 0. The second-order valence-electron chi connectivity index (χ2n) is 5.55. The Balaban J connectivity index is 2.10. The van der Waals surface area contributed by atoms with Crippen LogP contribution in [-0.4, -0.2) is 54.7 Å². The molecule has 5 nitrogen and oxygen atoms in total. The molecule has 1 amide bonds. The highest BCUT2D eigenvalue weighted by atomic mass is 16.3. The number of rotatable bonds is 7. The van der Waals surface area contributed by atoms with Crippen LogP contribution in [0.4, 0.5) is 5.82 Å². The highest BCUT2D eigenvalue weighted by Gasteiger charge is 2.16. The van der Waals surface area contributed by atoms with Crippen LogP contribution in [0.15, 0.2) is 48.7 Å². The van der Waals surface area contributed by atoms with Crippen molar-refractivity contribution in [2.24, 2.45) is 0 Å². The van der Waals surface area contributed by atoms with Gasteiger partial charge in [-0.3, -0.25) is 4.79 Å². The Hall–Kier alpha value is -2.40. The van der Waals surface area contributed by atoms with Crippen LogP contribution in [0.3, 0.4) is 0 Å². The molecule has 5 heteroatoms. The summed E-state index contributed by atoms with van der Waals surface area (Å²) in [6, 6.07) is 13.5. The maximum Gasteiger partial charge on any atom is 0.254 e. The van der Waals surface area contributed by atoms with Crippen molar-refractivity contribution in [3.8, 4) is 0 Å². The number of hydrogen-bond acceptors (Lipinski definition) is 4. The lowest BCUT2D eigenvalue weighted by Crippen LogP contribution is -2.35. The molecule has 0 aliphatic heterocycles. The van der Waals surface area contributed by atoms with Crippen LogP contribution in [0.25, 0.3) is 0 Å². The third-order valence-electron chi connectivity index (χ3n) is 3.62. The molecule has 1 aromatic heterocycles. The van der Waals surface area contributed by atoms with Gasteiger partial charge in [-0.15, -0.1) is 0 Å². The predicted octanol–water partition coefficient (Wildman–Crippen LogP) is 1.82. The fourth-order valence-corrected chi connectivity index (χ4v) is 2.32. The highest BCUT2D eigenvalue weighted by Crippen LogP contribution is 2.12. The van der Waals surface area contributed by atoms with Crippen LogP contribution >= 0.6 is 0 Å². The lowest BCUT2D eigenvalue weighted by molar-refractivity contribution is 0.0724. The molecule has 0 atom stereocenters. The number of anilines is 1. The van der Waals surface area contributed by atoms with Crippen LogP contribution in [0.1, 0.15) is 15.9 Å². The van der Waals surface area contributed by atoms with Crippen LogP contribution < -0.4 is 4.90 Å². The van der Waals surface area contributed by atoms with Gasteiger partial charge in [0.1, 0.15) is 5.82 Å². The Morgan fingerprint density at radius 2 is 1.87 bits per heavy atom. The average Bonchev–Trinajstić information content (AvgIpc) is 2.59. The molecule has 1 heterocycles. The summed E-state index contributed by atoms with van der Waals surface area (Å²) in [5.74, 6) is 0.656. The highest BCUT2D eigenvalue weighted by molar-refractivity contribution is 5.94. The number of hydrogen-bond donors (Lipinski definition) is 1. The van der Waals surface area contributed by atoms with E-state index in [0.29, 0.717) is 18.7 Å². The van der Waals surface area contributed by atoms with Crippen molar-refractivity contribution >= 4 is 11.7 Å². The molecule has 1 N–H and O–H groups in total. The number of benzene rings is 1. The fourth-order valence-electron chi connectivity index (χ4n) is 2.32. The van der Waals surface area contributed by atoms with Crippen LogP contribution in [-0.2, 0) is 6.42 Å². The smallest absolute Gasteiger partial charge is 0.254 e. The number of aliphatic hydroxyl groups is 1. The zero-order valence-electron chi connectivity index (χ0n) is 13.6. The first-order chi connectivity index (χ1) is 11.1. The predicted molar refractivity (Wildman–Crippen MR) is 91.7 cm³/mol. The lowest BCUT2D eigenvalue weighted by Gasteiger charge is -2.22. The molecule has 2 rings (SSSR count). The summed E-state index contributed by atoms with van der Waals surface area (Å²) in [5, 5.41) is 9.26.